The van der Waals surface area contributed by atoms with E-state index in [0.29, 0.717) is 18.2 Å². The first kappa shape index (κ1) is 21.5. The molecule has 0 saturated carbocycles. The molecular weight excluding hydrogens is 390 g/mol. The summed E-state index contributed by atoms with van der Waals surface area (Å²) in [6.45, 7) is 11.8. The van der Waals surface area contributed by atoms with E-state index in [9.17, 15) is 9.59 Å². The number of carbonyl (C=O) groups is 2. The van der Waals surface area contributed by atoms with Crippen LogP contribution in [0.1, 0.15) is 46.8 Å². The second-order valence-electron chi connectivity index (χ2n) is 9.14. The van der Waals surface area contributed by atoms with Gasteiger partial charge in [0.05, 0.1) is 18.4 Å². The highest BCUT2D eigenvalue weighted by atomic mass is 16.5. The number of hydrogen-bond donors (Lipinski definition) is 2. The summed E-state index contributed by atoms with van der Waals surface area (Å²) >= 11 is 0. The van der Waals surface area contributed by atoms with Gasteiger partial charge in [0, 0.05) is 5.56 Å². The summed E-state index contributed by atoms with van der Waals surface area (Å²) in [5, 5.41) is 0. The first-order chi connectivity index (χ1) is 14.9. The van der Waals surface area contributed by atoms with Crippen molar-refractivity contribution < 1.29 is 24.1 Å². The molecule has 2 aromatic rings. The summed E-state index contributed by atoms with van der Waals surface area (Å²) < 4.78 is 5.54. The van der Waals surface area contributed by atoms with Gasteiger partial charge in [0.15, 0.2) is 6.67 Å². The zero-order valence-corrected chi connectivity index (χ0v) is 19.0. The third-order valence-electron chi connectivity index (χ3n) is 6.58. The van der Waals surface area contributed by atoms with Crippen LogP contribution >= 0.6 is 0 Å². The third-order valence-corrected chi connectivity index (χ3v) is 6.58. The fourth-order valence-corrected chi connectivity index (χ4v) is 4.66. The first-order valence-electron chi connectivity index (χ1n) is 11.2. The number of hydrogen-bond acceptors (Lipinski definition) is 3. The second-order valence-corrected chi connectivity index (χ2v) is 9.14. The van der Waals surface area contributed by atoms with Crippen LogP contribution in [-0.2, 0) is 11.3 Å². The molecule has 0 radical (unpaired) electrons. The number of piperazine rings is 1. The van der Waals surface area contributed by atoms with Crippen LogP contribution in [0.5, 0.6) is 5.75 Å². The van der Waals surface area contributed by atoms with Crippen molar-refractivity contribution in [2.24, 2.45) is 0 Å². The standard InChI is InChI=1S/C25H31N3O3/c1-17(2)19-6-7-22-21(14-19)24(29)25(30)28(22)16-27-11-9-26(10-12-27)15-20-13-18(3)5-8-23(20)31-4/h5-8,13-14,17H,9-12,15-16H2,1-4H3/p+2. The number of quaternary nitrogens is 2. The Kier molecular flexibility index (Phi) is 6.12. The molecule has 2 aliphatic rings. The lowest BCUT2D eigenvalue weighted by molar-refractivity contribution is -1.02. The zero-order valence-electron chi connectivity index (χ0n) is 19.0. The maximum atomic E-state index is 12.7. The molecule has 4 rings (SSSR count). The number of nitrogens with one attached hydrogen (secondary N) is 2. The van der Waals surface area contributed by atoms with Crippen LogP contribution in [0.15, 0.2) is 36.4 Å². The van der Waals surface area contributed by atoms with E-state index in [2.05, 4.69) is 32.9 Å². The van der Waals surface area contributed by atoms with Crippen LogP contribution in [0.3, 0.4) is 0 Å². The number of methoxy groups -OCH3 is 1. The Hall–Kier alpha value is -2.70. The minimum absolute atomic E-state index is 0.330. The molecule has 6 nitrogen and oxygen atoms in total. The Bertz CT molecular complexity index is 994. The third kappa shape index (κ3) is 4.36. The van der Waals surface area contributed by atoms with Crippen molar-refractivity contribution in [3.8, 4) is 5.75 Å². The Balaban J connectivity index is 1.39. The maximum absolute atomic E-state index is 12.7. The van der Waals surface area contributed by atoms with E-state index < -0.39 is 0 Å². The van der Waals surface area contributed by atoms with E-state index in [-0.39, 0.29) is 11.7 Å². The summed E-state index contributed by atoms with van der Waals surface area (Å²) in [6.07, 6.45) is 0. The molecule has 31 heavy (non-hydrogen) atoms. The van der Waals surface area contributed by atoms with Gasteiger partial charge in [-0.3, -0.25) is 14.5 Å². The molecule has 1 saturated heterocycles. The molecule has 2 heterocycles. The topological polar surface area (TPSA) is 55.5 Å². The molecular formula is C25H33N3O3+2. The number of amides is 1. The molecule has 2 N–H and O–H groups in total. The highest BCUT2D eigenvalue weighted by Gasteiger charge is 2.39. The van der Waals surface area contributed by atoms with Gasteiger partial charge in [-0.2, -0.15) is 0 Å². The monoisotopic (exact) mass is 423 g/mol. The van der Waals surface area contributed by atoms with Gasteiger partial charge in [-0.25, -0.2) is 0 Å². The van der Waals surface area contributed by atoms with Gasteiger partial charge < -0.3 is 14.5 Å². The number of Topliss-reactive ketones (excluding diaryl/α,β-unsaturated/α-hetero) is 1. The minimum Gasteiger partial charge on any atom is -0.496 e. The molecule has 0 bridgehead atoms. The zero-order chi connectivity index (χ0) is 22.1. The molecule has 1 fully saturated rings. The minimum atomic E-state index is -0.386. The lowest BCUT2D eigenvalue weighted by atomic mass is 9.99. The number of fused-ring (bicyclic) bond motifs is 1. The van der Waals surface area contributed by atoms with Gasteiger partial charge in [0.25, 0.3) is 5.78 Å². The Morgan fingerprint density at radius 2 is 1.71 bits per heavy atom. The summed E-state index contributed by atoms with van der Waals surface area (Å²) in [5.41, 5.74) is 4.92. The second kappa shape index (κ2) is 8.81. The molecule has 1 amide bonds. The predicted molar refractivity (Wildman–Crippen MR) is 120 cm³/mol. The van der Waals surface area contributed by atoms with Crippen LogP contribution in [0.2, 0.25) is 0 Å². The molecule has 0 atom stereocenters. The maximum Gasteiger partial charge on any atom is 0.303 e. The molecule has 0 unspecified atom stereocenters. The fourth-order valence-electron chi connectivity index (χ4n) is 4.66. The van der Waals surface area contributed by atoms with E-state index in [0.717, 1.165) is 49.7 Å². The average Bonchev–Trinajstić information content (AvgIpc) is 2.99. The van der Waals surface area contributed by atoms with Crippen molar-refractivity contribution in [1.29, 1.82) is 0 Å². The SMILES string of the molecule is COc1ccc(C)cc1C[NH+]1CC[NH+](CN2C(=O)C(=O)c3cc(C(C)C)ccc32)CC1. The average molecular weight is 424 g/mol. The number of aryl methyl sites for hydroxylation is 1. The van der Waals surface area contributed by atoms with Gasteiger partial charge in [-0.15, -0.1) is 0 Å². The lowest BCUT2D eigenvalue weighted by Crippen LogP contribution is -3.28. The van der Waals surface area contributed by atoms with Crippen molar-refractivity contribution in [3.63, 3.8) is 0 Å². The van der Waals surface area contributed by atoms with E-state index in [1.807, 2.05) is 24.3 Å². The van der Waals surface area contributed by atoms with Crippen molar-refractivity contribution in [1.82, 2.24) is 0 Å². The van der Waals surface area contributed by atoms with Gasteiger partial charge >= 0.3 is 5.91 Å². The lowest BCUT2D eigenvalue weighted by Gasteiger charge is -2.32. The first-order valence-corrected chi connectivity index (χ1v) is 11.2. The van der Waals surface area contributed by atoms with E-state index >= 15 is 0 Å². The molecule has 2 aliphatic heterocycles. The van der Waals surface area contributed by atoms with E-state index in [1.54, 1.807) is 12.0 Å². The number of nitrogens with zero attached hydrogens (tertiary/aromatic N) is 1. The number of rotatable bonds is 6. The molecule has 0 spiro atoms. The summed E-state index contributed by atoms with van der Waals surface area (Å²) in [7, 11) is 1.72. The van der Waals surface area contributed by atoms with Crippen molar-refractivity contribution >= 4 is 17.4 Å². The number of carbonyl (C=O) groups excluding carboxylic acids is 2. The van der Waals surface area contributed by atoms with Crippen LogP contribution in [0.4, 0.5) is 5.69 Å². The summed E-state index contributed by atoms with van der Waals surface area (Å²) in [4.78, 5) is 29.8. The molecule has 6 heteroatoms. The predicted octanol–water partition coefficient (Wildman–Crippen LogP) is 0.597. The van der Waals surface area contributed by atoms with Crippen LogP contribution in [0.25, 0.3) is 0 Å². The Morgan fingerprint density at radius 3 is 2.39 bits per heavy atom. The quantitative estimate of drug-likeness (QED) is 0.669. The van der Waals surface area contributed by atoms with Gasteiger partial charge in [0.1, 0.15) is 38.5 Å². The highest BCUT2D eigenvalue weighted by molar-refractivity contribution is 6.52. The van der Waals surface area contributed by atoms with E-state index in [1.165, 1.54) is 20.9 Å². The Morgan fingerprint density at radius 1 is 1.00 bits per heavy atom. The number of ketones is 1. The van der Waals surface area contributed by atoms with Gasteiger partial charge in [0.2, 0.25) is 0 Å². The largest absolute Gasteiger partial charge is 0.496 e. The normalized spacial score (nSPS) is 21.0. The van der Waals surface area contributed by atoms with Crippen LogP contribution in [0, 0.1) is 6.92 Å². The summed E-state index contributed by atoms with van der Waals surface area (Å²) in [5.74, 6) is 0.526. The molecule has 2 aromatic carbocycles. The van der Waals surface area contributed by atoms with E-state index in [4.69, 9.17) is 4.74 Å². The summed E-state index contributed by atoms with van der Waals surface area (Å²) in [6, 6.07) is 12.2. The van der Waals surface area contributed by atoms with Crippen LogP contribution in [-0.4, -0.2) is 51.6 Å². The van der Waals surface area contributed by atoms with Crippen molar-refractivity contribution in [2.45, 2.75) is 33.2 Å². The Labute approximate surface area is 184 Å². The molecule has 164 valence electrons. The number of ether oxygens (including phenoxy) is 1. The molecule has 0 aromatic heterocycles. The van der Waals surface area contributed by atoms with Gasteiger partial charge in [-0.05, 0) is 42.7 Å². The smallest absolute Gasteiger partial charge is 0.303 e. The fraction of sp³-hybridized carbons (Fsp3) is 0.440. The highest BCUT2D eigenvalue weighted by Crippen LogP contribution is 2.31. The van der Waals surface area contributed by atoms with Crippen molar-refractivity contribution in [2.75, 3.05) is 44.9 Å². The van der Waals surface area contributed by atoms with Crippen LogP contribution < -0.4 is 19.4 Å². The molecule has 0 aliphatic carbocycles. The number of benzene rings is 2. The van der Waals surface area contributed by atoms with Gasteiger partial charge in [-0.1, -0.05) is 31.5 Å². The number of anilines is 1. The van der Waals surface area contributed by atoms with Crippen molar-refractivity contribution in [3.05, 3.63) is 58.7 Å².